The quantitative estimate of drug-likeness (QED) is 0.178. The average Bonchev–Trinajstić information content (AvgIpc) is 2.79. The van der Waals surface area contributed by atoms with E-state index >= 15 is 0 Å². The number of carbonyl (C=O) groups is 1. The fraction of sp³-hybridized carbons (Fsp3) is 0.480. The Hall–Kier alpha value is -2.57. The van der Waals surface area contributed by atoms with Crippen LogP contribution in [0.3, 0.4) is 0 Å². The van der Waals surface area contributed by atoms with E-state index in [1.807, 2.05) is 30.3 Å². The molecule has 2 aromatic carbocycles. The Labute approximate surface area is 185 Å². The second kappa shape index (κ2) is 11.7. The second-order valence-electron chi connectivity index (χ2n) is 8.34. The summed E-state index contributed by atoms with van der Waals surface area (Å²) in [7, 11) is 0. The molecule has 4 N–H and O–H groups in total. The lowest BCUT2D eigenvalue weighted by Gasteiger charge is -2.36. The maximum absolute atomic E-state index is 10.5. The van der Waals surface area contributed by atoms with Gasteiger partial charge < -0.3 is 15.5 Å². The summed E-state index contributed by atoms with van der Waals surface area (Å²) in [5.74, 6) is 0.0204. The van der Waals surface area contributed by atoms with Gasteiger partial charge >= 0.3 is 0 Å². The van der Waals surface area contributed by atoms with Gasteiger partial charge in [0.05, 0.1) is 0 Å². The smallest absolute Gasteiger partial charge is 0.211 e. The number of aromatic hydroxyl groups is 2. The molecule has 0 fully saturated rings. The first-order valence-electron chi connectivity index (χ1n) is 11.4. The summed E-state index contributed by atoms with van der Waals surface area (Å²) in [5, 5.41) is 25.0. The van der Waals surface area contributed by atoms with E-state index in [4.69, 9.17) is 0 Å². The Bertz CT molecular complexity index is 839. The maximum Gasteiger partial charge on any atom is 0.211 e. The highest BCUT2D eigenvalue weighted by Gasteiger charge is 2.26. The van der Waals surface area contributed by atoms with E-state index in [0.29, 0.717) is 12.5 Å². The van der Waals surface area contributed by atoms with Gasteiger partial charge in [-0.15, -0.1) is 0 Å². The van der Waals surface area contributed by atoms with Crippen molar-refractivity contribution >= 4 is 12.1 Å². The molecule has 0 spiro atoms. The number of nitrogens with one attached hydrogen (secondary N) is 2. The number of rotatable bonds is 12. The molecule has 6 heteroatoms. The number of phenolic OH excluding ortho intramolecular Hbond substituents is 2. The van der Waals surface area contributed by atoms with Gasteiger partial charge in [0, 0.05) is 30.4 Å². The Balaban J connectivity index is 1.59. The highest BCUT2D eigenvalue weighted by Crippen LogP contribution is 2.36. The lowest BCUT2D eigenvalue weighted by atomic mass is 9.87. The van der Waals surface area contributed by atoms with E-state index in [2.05, 4.69) is 22.7 Å². The lowest BCUT2D eigenvalue weighted by Crippen LogP contribution is -2.49. The molecule has 168 valence electrons. The van der Waals surface area contributed by atoms with Crippen LogP contribution in [0.1, 0.15) is 55.7 Å². The molecule has 0 saturated heterocycles. The van der Waals surface area contributed by atoms with Crippen LogP contribution in [0.25, 0.3) is 0 Å². The average molecular weight is 426 g/mol. The SMILES string of the molecule is CCCCCCN(NCCc1ccc(NC=O)cc1)C1CCc2c(ccc(O)c2O)C1. The Morgan fingerprint density at radius 1 is 1.10 bits per heavy atom. The number of fused-ring (bicyclic) bond motifs is 1. The molecule has 0 saturated carbocycles. The molecular formula is C25H35N3O3. The summed E-state index contributed by atoms with van der Waals surface area (Å²) in [6.45, 7) is 4.08. The van der Waals surface area contributed by atoms with Crippen LogP contribution in [0, 0.1) is 0 Å². The molecule has 1 atom stereocenters. The predicted octanol–water partition coefficient (Wildman–Crippen LogP) is 4.15. The van der Waals surface area contributed by atoms with Crippen LogP contribution < -0.4 is 10.7 Å². The van der Waals surface area contributed by atoms with E-state index in [1.165, 1.54) is 24.8 Å². The number of benzene rings is 2. The normalized spacial score (nSPS) is 15.6. The van der Waals surface area contributed by atoms with Crippen molar-refractivity contribution in [1.29, 1.82) is 0 Å². The molecule has 0 radical (unpaired) electrons. The minimum absolute atomic E-state index is 0.0268. The Morgan fingerprint density at radius 2 is 1.90 bits per heavy atom. The van der Waals surface area contributed by atoms with Crippen molar-refractivity contribution in [2.24, 2.45) is 0 Å². The number of nitrogens with zero attached hydrogens (tertiary/aromatic N) is 1. The summed E-state index contributed by atoms with van der Waals surface area (Å²) in [6, 6.07) is 11.9. The highest BCUT2D eigenvalue weighted by molar-refractivity contribution is 5.71. The fourth-order valence-corrected chi connectivity index (χ4v) is 4.35. The number of carbonyl (C=O) groups excluding carboxylic acids is 1. The van der Waals surface area contributed by atoms with Crippen molar-refractivity contribution in [3.05, 3.63) is 53.1 Å². The molecule has 1 unspecified atom stereocenters. The van der Waals surface area contributed by atoms with Gasteiger partial charge in [-0.25, -0.2) is 5.01 Å². The molecular weight excluding hydrogens is 390 g/mol. The number of unbranched alkanes of at least 4 members (excludes halogenated alkanes) is 3. The molecule has 0 aliphatic heterocycles. The summed E-state index contributed by atoms with van der Waals surface area (Å²) in [4.78, 5) is 10.5. The van der Waals surface area contributed by atoms with E-state index in [1.54, 1.807) is 6.07 Å². The van der Waals surface area contributed by atoms with Crippen molar-refractivity contribution in [1.82, 2.24) is 10.4 Å². The second-order valence-corrected chi connectivity index (χ2v) is 8.34. The summed E-state index contributed by atoms with van der Waals surface area (Å²) in [5.41, 5.74) is 7.72. The van der Waals surface area contributed by atoms with Crippen molar-refractivity contribution in [3.63, 3.8) is 0 Å². The zero-order valence-corrected chi connectivity index (χ0v) is 18.4. The molecule has 1 aliphatic rings. The molecule has 31 heavy (non-hydrogen) atoms. The molecule has 3 rings (SSSR count). The standard InChI is InChI=1S/C25H35N3O3/c1-2-3-4-5-16-28(27-15-14-19-6-9-21(10-7-19)26-18-29)22-11-12-23-20(17-22)8-13-24(30)25(23)31/h6-10,13,18,22,27,30-31H,2-5,11-12,14-17H2,1H3,(H,26,29). The third-order valence-electron chi connectivity index (χ3n) is 6.14. The van der Waals surface area contributed by atoms with Crippen molar-refractivity contribution < 1.29 is 15.0 Å². The van der Waals surface area contributed by atoms with E-state index in [9.17, 15) is 15.0 Å². The first kappa shape index (κ1) is 23.1. The molecule has 0 bridgehead atoms. The number of hydrogen-bond donors (Lipinski definition) is 4. The van der Waals surface area contributed by atoms with E-state index in [-0.39, 0.29) is 11.5 Å². The number of hydrazine groups is 1. The summed E-state index contributed by atoms with van der Waals surface area (Å²) in [6.07, 6.45) is 9.08. The van der Waals surface area contributed by atoms with Gasteiger partial charge in [-0.3, -0.25) is 10.2 Å². The van der Waals surface area contributed by atoms with Crippen molar-refractivity contribution in [2.75, 3.05) is 18.4 Å². The zero-order valence-electron chi connectivity index (χ0n) is 18.4. The van der Waals surface area contributed by atoms with Crippen molar-refractivity contribution in [3.8, 4) is 11.5 Å². The summed E-state index contributed by atoms with van der Waals surface area (Å²) >= 11 is 0. The van der Waals surface area contributed by atoms with Crippen LogP contribution in [-0.2, 0) is 24.1 Å². The van der Waals surface area contributed by atoms with E-state index < -0.39 is 0 Å². The van der Waals surface area contributed by atoms with Gasteiger partial charge in [0.1, 0.15) is 0 Å². The highest BCUT2D eigenvalue weighted by atomic mass is 16.3. The van der Waals surface area contributed by atoms with Crippen LogP contribution in [0.15, 0.2) is 36.4 Å². The van der Waals surface area contributed by atoms with Gasteiger partial charge in [0.25, 0.3) is 0 Å². The van der Waals surface area contributed by atoms with Crippen LogP contribution in [0.4, 0.5) is 5.69 Å². The third kappa shape index (κ3) is 6.45. The van der Waals surface area contributed by atoms with Crippen molar-refractivity contribution in [2.45, 2.75) is 64.3 Å². The monoisotopic (exact) mass is 425 g/mol. The van der Waals surface area contributed by atoms with Gasteiger partial charge in [-0.1, -0.05) is 44.4 Å². The van der Waals surface area contributed by atoms with Gasteiger partial charge in [-0.05, 0) is 61.4 Å². The number of amides is 1. The molecule has 2 aromatic rings. The molecule has 6 nitrogen and oxygen atoms in total. The topological polar surface area (TPSA) is 84.8 Å². The molecule has 0 aromatic heterocycles. The predicted molar refractivity (Wildman–Crippen MR) is 124 cm³/mol. The van der Waals surface area contributed by atoms with Crippen LogP contribution in [0.5, 0.6) is 11.5 Å². The van der Waals surface area contributed by atoms with Crippen LogP contribution in [0.2, 0.25) is 0 Å². The van der Waals surface area contributed by atoms with Crippen LogP contribution in [-0.4, -0.2) is 40.8 Å². The van der Waals surface area contributed by atoms with E-state index in [0.717, 1.165) is 62.0 Å². The molecule has 0 heterocycles. The Kier molecular flexibility index (Phi) is 8.74. The van der Waals surface area contributed by atoms with Gasteiger partial charge in [-0.2, -0.15) is 0 Å². The fourth-order valence-electron chi connectivity index (χ4n) is 4.35. The van der Waals surface area contributed by atoms with Crippen LogP contribution >= 0.6 is 0 Å². The summed E-state index contributed by atoms with van der Waals surface area (Å²) < 4.78 is 0. The first-order valence-corrected chi connectivity index (χ1v) is 11.4. The first-order chi connectivity index (χ1) is 15.1. The largest absolute Gasteiger partial charge is 0.504 e. The van der Waals surface area contributed by atoms with Gasteiger partial charge in [0.2, 0.25) is 6.41 Å². The maximum atomic E-state index is 10.5. The minimum Gasteiger partial charge on any atom is -0.504 e. The van der Waals surface area contributed by atoms with Gasteiger partial charge in [0.15, 0.2) is 11.5 Å². The molecule has 1 amide bonds. The lowest BCUT2D eigenvalue weighted by molar-refractivity contribution is -0.105. The minimum atomic E-state index is -0.0268. The number of anilines is 1. The third-order valence-corrected chi connectivity index (χ3v) is 6.14. The number of phenols is 2. The zero-order chi connectivity index (χ0) is 22.1. The Morgan fingerprint density at radius 3 is 2.65 bits per heavy atom. The molecule has 1 aliphatic carbocycles. The number of hydrogen-bond acceptors (Lipinski definition) is 5.